The standard InChI is InChI=1S/C12H16N4O/c1-3-10-9(7-16(2)15-10)12(17)14-11(6-13)8-4-5-8/h7-8,11H,3-5H2,1-2H3,(H,14,17). The summed E-state index contributed by atoms with van der Waals surface area (Å²) in [7, 11) is 1.79. The topological polar surface area (TPSA) is 70.7 Å². The predicted octanol–water partition coefficient (Wildman–Crippen LogP) is 1.01. The first kappa shape index (κ1) is 11.6. The molecular formula is C12H16N4O. The summed E-state index contributed by atoms with van der Waals surface area (Å²) in [5, 5.41) is 16.0. The van der Waals surface area contributed by atoms with Crippen molar-refractivity contribution in [2.75, 3.05) is 0 Å². The molecule has 5 nitrogen and oxygen atoms in total. The summed E-state index contributed by atoms with van der Waals surface area (Å²) in [6.45, 7) is 1.96. The molecule has 0 radical (unpaired) electrons. The summed E-state index contributed by atoms with van der Waals surface area (Å²) < 4.78 is 1.63. The highest BCUT2D eigenvalue weighted by Gasteiger charge is 2.33. The van der Waals surface area contributed by atoms with Crippen molar-refractivity contribution in [3.05, 3.63) is 17.5 Å². The summed E-state index contributed by atoms with van der Waals surface area (Å²) in [5.74, 6) is 0.152. The average Bonchev–Trinajstić information content (AvgIpc) is 3.08. The Kier molecular flexibility index (Phi) is 3.14. The molecule has 1 saturated carbocycles. The van der Waals surface area contributed by atoms with Crippen LogP contribution in [0.25, 0.3) is 0 Å². The molecule has 0 bridgehead atoms. The molecule has 0 spiro atoms. The lowest BCUT2D eigenvalue weighted by molar-refractivity contribution is 0.0941. The highest BCUT2D eigenvalue weighted by atomic mass is 16.1. The minimum absolute atomic E-state index is 0.187. The Labute approximate surface area is 100 Å². The first-order valence-corrected chi connectivity index (χ1v) is 5.88. The number of carbonyl (C=O) groups is 1. The van der Waals surface area contributed by atoms with Crippen molar-refractivity contribution in [2.24, 2.45) is 13.0 Å². The van der Waals surface area contributed by atoms with Gasteiger partial charge in [0, 0.05) is 13.2 Å². The van der Waals surface area contributed by atoms with Crippen molar-refractivity contribution in [3.63, 3.8) is 0 Å². The first-order valence-electron chi connectivity index (χ1n) is 5.88. The third-order valence-corrected chi connectivity index (χ3v) is 3.00. The van der Waals surface area contributed by atoms with E-state index in [1.54, 1.807) is 17.9 Å². The Morgan fingerprint density at radius 1 is 1.76 bits per heavy atom. The van der Waals surface area contributed by atoms with Crippen LogP contribution in [0.4, 0.5) is 0 Å². The lowest BCUT2D eigenvalue weighted by Crippen LogP contribution is -2.35. The fourth-order valence-corrected chi connectivity index (χ4v) is 1.89. The molecule has 17 heavy (non-hydrogen) atoms. The lowest BCUT2D eigenvalue weighted by atomic mass is 10.1. The van der Waals surface area contributed by atoms with Gasteiger partial charge in [-0.05, 0) is 25.2 Å². The first-order chi connectivity index (χ1) is 8.15. The number of carbonyl (C=O) groups excluding carboxylic acids is 1. The zero-order valence-corrected chi connectivity index (χ0v) is 10.1. The Balaban J connectivity index is 2.10. The summed E-state index contributed by atoms with van der Waals surface area (Å²) in [6, 6.07) is 1.80. The molecule has 0 saturated heterocycles. The van der Waals surface area contributed by atoms with Crippen LogP contribution in [0.2, 0.25) is 0 Å². The number of aromatic nitrogens is 2. The van der Waals surface area contributed by atoms with Gasteiger partial charge in [0.25, 0.3) is 5.91 Å². The number of aryl methyl sites for hydroxylation is 2. The quantitative estimate of drug-likeness (QED) is 0.842. The van der Waals surface area contributed by atoms with Gasteiger partial charge in [0.2, 0.25) is 0 Å². The van der Waals surface area contributed by atoms with Crippen LogP contribution in [0.1, 0.15) is 35.8 Å². The van der Waals surface area contributed by atoms with Crippen LogP contribution < -0.4 is 5.32 Å². The van der Waals surface area contributed by atoms with E-state index in [-0.39, 0.29) is 11.9 Å². The van der Waals surface area contributed by atoms with Gasteiger partial charge in [-0.2, -0.15) is 10.4 Å². The van der Waals surface area contributed by atoms with Crippen LogP contribution in [0.3, 0.4) is 0 Å². The smallest absolute Gasteiger partial charge is 0.255 e. The molecule has 90 valence electrons. The summed E-state index contributed by atoms with van der Waals surface area (Å²) in [4.78, 5) is 12.0. The van der Waals surface area contributed by atoms with E-state index in [1.165, 1.54) is 0 Å². The summed E-state index contributed by atoms with van der Waals surface area (Å²) in [5.41, 5.74) is 1.35. The van der Waals surface area contributed by atoms with Crippen molar-refractivity contribution in [2.45, 2.75) is 32.2 Å². The second kappa shape index (κ2) is 4.58. The SMILES string of the molecule is CCc1nn(C)cc1C(=O)NC(C#N)C1CC1. The van der Waals surface area contributed by atoms with Crippen LogP contribution in [-0.2, 0) is 13.5 Å². The van der Waals surface area contributed by atoms with Gasteiger partial charge in [-0.15, -0.1) is 0 Å². The monoisotopic (exact) mass is 232 g/mol. The van der Waals surface area contributed by atoms with E-state index in [0.29, 0.717) is 17.9 Å². The van der Waals surface area contributed by atoms with E-state index >= 15 is 0 Å². The molecule has 1 aliphatic carbocycles. The number of nitriles is 1. The van der Waals surface area contributed by atoms with Crippen molar-refractivity contribution in [1.29, 1.82) is 5.26 Å². The molecule has 0 aliphatic heterocycles. The van der Waals surface area contributed by atoms with Crippen molar-refractivity contribution in [3.8, 4) is 6.07 Å². The number of nitrogens with zero attached hydrogens (tertiary/aromatic N) is 3. The zero-order valence-electron chi connectivity index (χ0n) is 10.1. The molecule has 1 aromatic rings. The van der Waals surface area contributed by atoms with E-state index in [1.807, 2.05) is 6.92 Å². The molecule has 1 heterocycles. The second-order valence-corrected chi connectivity index (χ2v) is 4.43. The Hall–Kier alpha value is -1.83. The molecule has 0 aromatic carbocycles. The van der Waals surface area contributed by atoms with Gasteiger partial charge in [0.15, 0.2) is 0 Å². The zero-order chi connectivity index (χ0) is 12.4. The van der Waals surface area contributed by atoms with E-state index < -0.39 is 0 Å². The van der Waals surface area contributed by atoms with Crippen LogP contribution >= 0.6 is 0 Å². The van der Waals surface area contributed by atoms with Crippen molar-refractivity contribution >= 4 is 5.91 Å². The maximum absolute atomic E-state index is 12.0. The average molecular weight is 232 g/mol. The molecule has 1 aromatic heterocycles. The van der Waals surface area contributed by atoms with E-state index in [2.05, 4.69) is 16.5 Å². The molecule has 1 fully saturated rings. The molecule has 1 aliphatic rings. The van der Waals surface area contributed by atoms with Gasteiger partial charge in [0.05, 0.1) is 17.3 Å². The van der Waals surface area contributed by atoms with Gasteiger partial charge in [-0.3, -0.25) is 9.48 Å². The van der Waals surface area contributed by atoms with E-state index in [4.69, 9.17) is 5.26 Å². The van der Waals surface area contributed by atoms with Gasteiger partial charge in [-0.1, -0.05) is 6.92 Å². The van der Waals surface area contributed by atoms with Gasteiger partial charge < -0.3 is 5.32 Å². The fraction of sp³-hybridized carbons (Fsp3) is 0.583. The van der Waals surface area contributed by atoms with Crippen molar-refractivity contribution < 1.29 is 4.79 Å². The van der Waals surface area contributed by atoms with Crippen LogP contribution in [0.5, 0.6) is 0 Å². The summed E-state index contributed by atoms with van der Waals surface area (Å²) >= 11 is 0. The van der Waals surface area contributed by atoms with Crippen molar-refractivity contribution in [1.82, 2.24) is 15.1 Å². The minimum Gasteiger partial charge on any atom is -0.336 e. The normalized spacial score (nSPS) is 16.3. The number of rotatable bonds is 4. The third kappa shape index (κ3) is 2.47. The molecule has 1 amide bonds. The molecule has 1 unspecified atom stereocenters. The van der Waals surface area contributed by atoms with E-state index in [0.717, 1.165) is 18.5 Å². The predicted molar refractivity (Wildman–Crippen MR) is 62.2 cm³/mol. The molecule has 1 atom stereocenters. The lowest BCUT2D eigenvalue weighted by Gasteiger charge is -2.09. The Morgan fingerprint density at radius 3 is 3.00 bits per heavy atom. The van der Waals surface area contributed by atoms with Gasteiger partial charge >= 0.3 is 0 Å². The van der Waals surface area contributed by atoms with E-state index in [9.17, 15) is 4.79 Å². The van der Waals surface area contributed by atoms with Crippen LogP contribution in [0.15, 0.2) is 6.20 Å². The number of hydrogen-bond acceptors (Lipinski definition) is 3. The third-order valence-electron chi connectivity index (χ3n) is 3.00. The highest BCUT2D eigenvalue weighted by Crippen LogP contribution is 2.32. The van der Waals surface area contributed by atoms with Gasteiger partial charge in [-0.25, -0.2) is 0 Å². The maximum atomic E-state index is 12.0. The van der Waals surface area contributed by atoms with Crippen LogP contribution in [0, 0.1) is 17.2 Å². The molecule has 2 rings (SSSR count). The Bertz CT molecular complexity index is 467. The molecule has 1 N–H and O–H groups in total. The Morgan fingerprint density at radius 2 is 2.47 bits per heavy atom. The number of hydrogen-bond donors (Lipinski definition) is 1. The second-order valence-electron chi connectivity index (χ2n) is 4.43. The molecule has 5 heteroatoms. The highest BCUT2D eigenvalue weighted by molar-refractivity contribution is 5.95. The van der Waals surface area contributed by atoms with Crippen LogP contribution in [-0.4, -0.2) is 21.7 Å². The number of nitrogens with one attached hydrogen (secondary N) is 1. The largest absolute Gasteiger partial charge is 0.336 e. The van der Waals surface area contributed by atoms with Gasteiger partial charge in [0.1, 0.15) is 6.04 Å². The number of amides is 1. The fourth-order valence-electron chi connectivity index (χ4n) is 1.89. The summed E-state index contributed by atoms with van der Waals surface area (Å²) in [6.07, 6.45) is 4.48. The minimum atomic E-state index is -0.354. The molecular weight excluding hydrogens is 216 g/mol. The maximum Gasteiger partial charge on any atom is 0.255 e.